The minimum Gasteiger partial charge on any atom is -0.504 e. The van der Waals surface area contributed by atoms with E-state index in [0.29, 0.717) is 54.1 Å². The summed E-state index contributed by atoms with van der Waals surface area (Å²) in [6, 6.07) is 10.3. The summed E-state index contributed by atoms with van der Waals surface area (Å²) in [5.74, 6) is -0.155. The average molecular weight is 425 g/mol. The van der Waals surface area contributed by atoms with Gasteiger partial charge in [-0.2, -0.15) is 0 Å². The summed E-state index contributed by atoms with van der Waals surface area (Å²) in [6.45, 7) is 2.24. The maximum absolute atomic E-state index is 12.9. The molecule has 31 heavy (non-hydrogen) atoms. The molecule has 2 aromatic carbocycles. The van der Waals surface area contributed by atoms with E-state index < -0.39 is 17.1 Å². The number of hydrogen-bond donors (Lipinski definition) is 3. The highest BCUT2D eigenvalue weighted by molar-refractivity contribution is 5.95. The van der Waals surface area contributed by atoms with E-state index in [1.54, 1.807) is 42.3 Å². The molecule has 2 heterocycles. The van der Waals surface area contributed by atoms with Crippen LogP contribution in [0, 0.1) is 0 Å². The van der Waals surface area contributed by atoms with E-state index in [0.717, 1.165) is 5.69 Å². The minimum atomic E-state index is -0.736. The maximum atomic E-state index is 12.9. The van der Waals surface area contributed by atoms with Gasteiger partial charge in [-0.25, -0.2) is 0 Å². The molecule has 1 aromatic heterocycles. The van der Waals surface area contributed by atoms with Crippen LogP contribution in [0.3, 0.4) is 0 Å². The molecule has 1 fully saturated rings. The van der Waals surface area contributed by atoms with Crippen LogP contribution < -0.4 is 19.9 Å². The first-order valence-electron chi connectivity index (χ1n) is 9.77. The van der Waals surface area contributed by atoms with Gasteiger partial charge in [-0.1, -0.05) is 0 Å². The van der Waals surface area contributed by atoms with Gasteiger partial charge >= 0.3 is 0 Å². The summed E-state index contributed by atoms with van der Waals surface area (Å²) in [5.41, 5.74) is 1.06. The van der Waals surface area contributed by atoms with Gasteiger partial charge in [0.2, 0.25) is 5.75 Å². The zero-order chi connectivity index (χ0) is 22.1. The van der Waals surface area contributed by atoms with Crippen molar-refractivity contribution in [3.05, 3.63) is 52.3 Å². The van der Waals surface area contributed by atoms with Crippen molar-refractivity contribution in [3.63, 3.8) is 0 Å². The van der Waals surface area contributed by atoms with Gasteiger partial charge in [-0.05, 0) is 36.4 Å². The third kappa shape index (κ3) is 3.70. The Morgan fingerprint density at radius 3 is 2.32 bits per heavy atom. The topological polar surface area (TPSA) is 115 Å². The van der Waals surface area contributed by atoms with Gasteiger partial charge in [0.05, 0.1) is 19.7 Å². The number of H-pyrrole nitrogens is 1. The fourth-order valence-electron chi connectivity index (χ4n) is 3.77. The molecule has 3 aromatic rings. The molecule has 3 N–H and O–H groups in total. The van der Waals surface area contributed by atoms with Crippen molar-refractivity contribution in [2.75, 3.05) is 45.3 Å². The quantitative estimate of drug-likeness (QED) is 0.585. The minimum absolute atomic E-state index is 0.0840. The Morgan fingerprint density at radius 2 is 1.65 bits per heavy atom. The number of nitrogens with zero attached hydrogens (tertiary/aromatic N) is 2. The summed E-state index contributed by atoms with van der Waals surface area (Å²) in [7, 11) is 3.08. The van der Waals surface area contributed by atoms with Crippen LogP contribution in [0.5, 0.6) is 23.0 Å². The van der Waals surface area contributed by atoms with Crippen LogP contribution in [0.2, 0.25) is 0 Å². The highest BCUT2D eigenvalue weighted by atomic mass is 16.5. The number of nitrogens with one attached hydrogen (secondary N) is 1. The molecule has 0 radical (unpaired) electrons. The summed E-state index contributed by atoms with van der Waals surface area (Å²) in [4.78, 5) is 30.9. The van der Waals surface area contributed by atoms with Gasteiger partial charge < -0.3 is 34.5 Å². The zero-order valence-electron chi connectivity index (χ0n) is 17.2. The molecule has 9 heteroatoms. The molecule has 0 atom stereocenters. The van der Waals surface area contributed by atoms with Gasteiger partial charge in [-0.3, -0.25) is 9.59 Å². The number of aromatic hydroxyl groups is 2. The SMILES string of the molecule is COc1ccc(C(=O)N2CCN(c3ccc4[nH]c(=O)c(O)c(O)c4c3)CC2)cc1OC. The van der Waals surface area contributed by atoms with E-state index in [9.17, 15) is 19.8 Å². The molecule has 0 aliphatic carbocycles. The van der Waals surface area contributed by atoms with Gasteiger partial charge in [0.1, 0.15) is 0 Å². The number of carbonyl (C=O) groups excluding carboxylic acids is 1. The second-order valence-corrected chi connectivity index (χ2v) is 7.23. The molecule has 4 rings (SSSR count). The Kier molecular flexibility index (Phi) is 5.33. The molecule has 1 saturated heterocycles. The van der Waals surface area contributed by atoms with Crippen LogP contribution in [0.4, 0.5) is 5.69 Å². The molecule has 9 nitrogen and oxygen atoms in total. The van der Waals surface area contributed by atoms with Crippen LogP contribution in [0.25, 0.3) is 10.9 Å². The number of amides is 1. The summed E-state index contributed by atoms with van der Waals surface area (Å²) in [6.07, 6.45) is 0. The molecule has 0 unspecified atom stereocenters. The second kappa shape index (κ2) is 8.10. The normalized spacial score (nSPS) is 14.0. The van der Waals surface area contributed by atoms with E-state index in [-0.39, 0.29) is 5.91 Å². The molecule has 0 saturated carbocycles. The van der Waals surface area contributed by atoms with E-state index >= 15 is 0 Å². The lowest BCUT2D eigenvalue weighted by Crippen LogP contribution is -2.48. The van der Waals surface area contributed by atoms with Gasteiger partial charge in [0.25, 0.3) is 11.5 Å². The Morgan fingerprint density at radius 1 is 0.935 bits per heavy atom. The first kappa shape index (κ1) is 20.4. The number of fused-ring (bicyclic) bond motifs is 1. The third-order valence-electron chi connectivity index (χ3n) is 5.51. The number of anilines is 1. The average Bonchev–Trinajstić information content (AvgIpc) is 2.81. The molecular formula is C22H23N3O6. The second-order valence-electron chi connectivity index (χ2n) is 7.23. The van der Waals surface area contributed by atoms with Crippen molar-refractivity contribution in [2.24, 2.45) is 0 Å². The van der Waals surface area contributed by atoms with E-state index in [4.69, 9.17) is 9.47 Å². The zero-order valence-corrected chi connectivity index (χ0v) is 17.2. The van der Waals surface area contributed by atoms with Gasteiger partial charge in [0.15, 0.2) is 17.2 Å². The first-order valence-corrected chi connectivity index (χ1v) is 9.77. The van der Waals surface area contributed by atoms with E-state index in [1.165, 1.54) is 7.11 Å². The number of aromatic amines is 1. The Bertz CT molecular complexity index is 1200. The van der Waals surface area contributed by atoms with Crippen molar-refractivity contribution in [1.82, 2.24) is 9.88 Å². The van der Waals surface area contributed by atoms with Crippen molar-refractivity contribution in [2.45, 2.75) is 0 Å². The fourth-order valence-corrected chi connectivity index (χ4v) is 3.77. The van der Waals surface area contributed by atoms with Crippen LogP contribution in [-0.2, 0) is 0 Å². The number of pyridine rings is 1. The Labute approximate surface area is 178 Å². The lowest BCUT2D eigenvalue weighted by molar-refractivity contribution is 0.0746. The van der Waals surface area contributed by atoms with Crippen LogP contribution >= 0.6 is 0 Å². The standard InChI is InChI=1S/C22H23N3O6/c1-30-17-6-3-13(11-18(17)31-2)22(29)25-9-7-24(8-10-25)14-4-5-16-15(12-14)19(26)20(27)21(28)23-16/h3-6,11-12,27H,7-10H2,1-2H3,(H2,23,26,28). The number of methoxy groups -OCH3 is 2. The van der Waals surface area contributed by atoms with E-state index in [1.807, 2.05) is 6.07 Å². The van der Waals surface area contributed by atoms with Crippen molar-refractivity contribution < 1.29 is 24.5 Å². The van der Waals surface area contributed by atoms with Crippen LogP contribution in [-0.4, -0.2) is 66.4 Å². The summed E-state index contributed by atoms with van der Waals surface area (Å²) >= 11 is 0. The largest absolute Gasteiger partial charge is 0.504 e. The van der Waals surface area contributed by atoms with Crippen molar-refractivity contribution >= 4 is 22.5 Å². The van der Waals surface area contributed by atoms with E-state index in [2.05, 4.69) is 9.88 Å². The number of aromatic nitrogens is 1. The Balaban J connectivity index is 1.50. The third-order valence-corrected chi connectivity index (χ3v) is 5.51. The molecule has 1 aliphatic rings. The summed E-state index contributed by atoms with van der Waals surface area (Å²) in [5, 5.41) is 20.2. The fraction of sp³-hybridized carbons (Fsp3) is 0.273. The monoisotopic (exact) mass is 425 g/mol. The number of carbonyl (C=O) groups is 1. The Hall–Kier alpha value is -3.88. The summed E-state index contributed by atoms with van der Waals surface area (Å²) < 4.78 is 10.5. The van der Waals surface area contributed by atoms with Gasteiger partial charge in [-0.15, -0.1) is 0 Å². The van der Waals surface area contributed by atoms with Crippen molar-refractivity contribution in [1.29, 1.82) is 0 Å². The molecule has 162 valence electrons. The molecule has 1 aliphatic heterocycles. The number of benzene rings is 2. The number of piperazine rings is 1. The molecule has 0 bridgehead atoms. The van der Waals surface area contributed by atoms with Gasteiger partial charge in [0, 0.05) is 42.8 Å². The van der Waals surface area contributed by atoms with Crippen LogP contribution in [0.15, 0.2) is 41.2 Å². The predicted molar refractivity (Wildman–Crippen MR) is 116 cm³/mol. The highest BCUT2D eigenvalue weighted by Gasteiger charge is 2.24. The smallest absolute Gasteiger partial charge is 0.294 e. The van der Waals surface area contributed by atoms with Crippen molar-refractivity contribution in [3.8, 4) is 23.0 Å². The lowest BCUT2D eigenvalue weighted by Gasteiger charge is -2.36. The first-order chi connectivity index (χ1) is 14.9. The highest BCUT2D eigenvalue weighted by Crippen LogP contribution is 2.32. The van der Waals surface area contributed by atoms with Crippen LogP contribution in [0.1, 0.15) is 10.4 Å². The molecule has 0 spiro atoms. The number of rotatable bonds is 4. The number of ether oxygens (including phenoxy) is 2. The lowest BCUT2D eigenvalue weighted by atomic mass is 10.1. The molecule has 1 amide bonds. The maximum Gasteiger partial charge on any atom is 0.294 e. The molecular weight excluding hydrogens is 402 g/mol. The number of hydrogen-bond acceptors (Lipinski definition) is 7. The predicted octanol–water partition coefficient (Wildman–Crippen LogP) is 1.92.